The molecule has 0 fully saturated rings. The van der Waals surface area contributed by atoms with Gasteiger partial charge in [-0.1, -0.05) is 34.1 Å². The zero-order valence-electron chi connectivity index (χ0n) is 8.23. The fourth-order valence-corrected chi connectivity index (χ4v) is 0.538. The molecule has 0 saturated heterocycles. The van der Waals surface area contributed by atoms with Gasteiger partial charge in [0.1, 0.15) is 0 Å². The molecule has 1 atom stereocenters. The molecule has 0 aliphatic rings. The lowest BCUT2D eigenvalue weighted by Gasteiger charge is -2.22. The number of hydrogen-bond acceptors (Lipinski definition) is 1. The van der Waals surface area contributed by atoms with Crippen LogP contribution in [0.3, 0.4) is 0 Å². The van der Waals surface area contributed by atoms with Crippen molar-refractivity contribution in [1.29, 1.82) is 0 Å². The summed E-state index contributed by atoms with van der Waals surface area (Å²) in [5, 5.41) is 0. The van der Waals surface area contributed by atoms with Crippen LogP contribution in [0.15, 0.2) is 0 Å². The Labute approximate surface area is 73.1 Å². The highest BCUT2D eigenvalue weighted by Gasteiger charge is 2.34. The standard InChI is InChI=1S/C9H18F2O/c1-5-8(4)6-12-9(10,11)7(2)3/h7-8H,5-6H2,1-4H3. The molecule has 0 aromatic heterocycles. The molecule has 0 aromatic rings. The summed E-state index contributed by atoms with van der Waals surface area (Å²) in [4.78, 5) is 0. The Balaban J connectivity index is 3.75. The fourth-order valence-electron chi connectivity index (χ4n) is 0.538. The molecule has 0 heterocycles. The summed E-state index contributed by atoms with van der Waals surface area (Å²) >= 11 is 0. The van der Waals surface area contributed by atoms with Crippen LogP contribution in [0.25, 0.3) is 0 Å². The molecule has 0 bridgehead atoms. The molecule has 0 N–H and O–H groups in total. The smallest absolute Gasteiger partial charge is 0.320 e. The molecule has 3 heteroatoms. The Morgan fingerprint density at radius 1 is 1.25 bits per heavy atom. The lowest BCUT2D eigenvalue weighted by Crippen LogP contribution is -2.29. The van der Waals surface area contributed by atoms with Crippen LogP contribution < -0.4 is 0 Å². The van der Waals surface area contributed by atoms with Crippen LogP contribution in [0.2, 0.25) is 0 Å². The van der Waals surface area contributed by atoms with Gasteiger partial charge in [-0.15, -0.1) is 0 Å². The number of alkyl halides is 2. The highest BCUT2D eigenvalue weighted by atomic mass is 19.3. The van der Waals surface area contributed by atoms with Crippen molar-refractivity contribution in [1.82, 2.24) is 0 Å². The molecule has 12 heavy (non-hydrogen) atoms. The molecule has 0 amide bonds. The normalized spacial score (nSPS) is 15.2. The molecule has 0 rings (SSSR count). The summed E-state index contributed by atoms with van der Waals surface area (Å²) < 4.78 is 30.2. The van der Waals surface area contributed by atoms with Gasteiger partial charge >= 0.3 is 6.11 Å². The van der Waals surface area contributed by atoms with Crippen molar-refractivity contribution in [2.24, 2.45) is 11.8 Å². The van der Waals surface area contributed by atoms with Gasteiger partial charge in [-0.2, -0.15) is 8.78 Å². The predicted octanol–water partition coefficient (Wildman–Crippen LogP) is 3.30. The van der Waals surface area contributed by atoms with E-state index in [9.17, 15) is 8.78 Å². The van der Waals surface area contributed by atoms with Gasteiger partial charge in [-0.25, -0.2) is 0 Å². The molecule has 0 radical (unpaired) electrons. The minimum atomic E-state index is -2.97. The molecule has 1 unspecified atom stereocenters. The van der Waals surface area contributed by atoms with E-state index in [4.69, 9.17) is 0 Å². The van der Waals surface area contributed by atoms with Crippen molar-refractivity contribution in [3.8, 4) is 0 Å². The molecular weight excluding hydrogens is 162 g/mol. The summed E-state index contributed by atoms with van der Waals surface area (Å²) in [6.45, 7) is 6.91. The van der Waals surface area contributed by atoms with E-state index >= 15 is 0 Å². The maximum Gasteiger partial charge on any atom is 0.357 e. The Bertz CT molecular complexity index is 124. The largest absolute Gasteiger partial charge is 0.357 e. The van der Waals surface area contributed by atoms with Crippen molar-refractivity contribution in [2.45, 2.75) is 40.2 Å². The predicted molar refractivity (Wildman–Crippen MR) is 45.2 cm³/mol. The third-order valence-electron chi connectivity index (χ3n) is 1.93. The van der Waals surface area contributed by atoms with Gasteiger partial charge in [-0.05, 0) is 5.92 Å². The van der Waals surface area contributed by atoms with Crippen molar-refractivity contribution in [3.05, 3.63) is 0 Å². The van der Waals surface area contributed by atoms with Crippen LogP contribution in [0, 0.1) is 11.8 Å². The third-order valence-corrected chi connectivity index (χ3v) is 1.93. The monoisotopic (exact) mass is 180 g/mol. The first-order valence-electron chi connectivity index (χ1n) is 4.42. The topological polar surface area (TPSA) is 9.23 Å². The second kappa shape index (κ2) is 4.75. The second-order valence-electron chi connectivity index (χ2n) is 3.54. The van der Waals surface area contributed by atoms with Crippen LogP contribution in [-0.2, 0) is 4.74 Å². The van der Waals surface area contributed by atoms with E-state index in [-0.39, 0.29) is 12.5 Å². The fraction of sp³-hybridized carbons (Fsp3) is 1.00. The molecule has 0 aliphatic carbocycles. The Morgan fingerprint density at radius 2 is 1.75 bits per heavy atom. The van der Waals surface area contributed by atoms with E-state index in [1.807, 2.05) is 13.8 Å². The lowest BCUT2D eigenvalue weighted by molar-refractivity contribution is -0.269. The van der Waals surface area contributed by atoms with E-state index in [1.165, 1.54) is 13.8 Å². The lowest BCUT2D eigenvalue weighted by atomic mass is 10.1. The second-order valence-corrected chi connectivity index (χ2v) is 3.54. The zero-order chi connectivity index (χ0) is 9.78. The quantitative estimate of drug-likeness (QED) is 0.630. The molecule has 1 nitrogen and oxygen atoms in total. The summed E-state index contributed by atoms with van der Waals surface area (Å²) in [6.07, 6.45) is -2.10. The molecular formula is C9H18F2O. The van der Waals surface area contributed by atoms with Crippen molar-refractivity contribution in [3.63, 3.8) is 0 Å². The number of halogens is 2. The summed E-state index contributed by atoms with van der Waals surface area (Å²) in [7, 11) is 0. The van der Waals surface area contributed by atoms with Crippen LogP contribution in [0.1, 0.15) is 34.1 Å². The van der Waals surface area contributed by atoms with Crippen LogP contribution in [0.5, 0.6) is 0 Å². The van der Waals surface area contributed by atoms with Crippen LogP contribution in [0.4, 0.5) is 8.78 Å². The third kappa shape index (κ3) is 4.00. The molecule has 0 spiro atoms. The van der Waals surface area contributed by atoms with E-state index in [0.717, 1.165) is 6.42 Å². The minimum absolute atomic E-state index is 0.141. The number of rotatable bonds is 5. The maximum absolute atomic E-state index is 12.8. The van der Waals surface area contributed by atoms with E-state index < -0.39 is 12.0 Å². The van der Waals surface area contributed by atoms with Crippen LogP contribution in [-0.4, -0.2) is 12.7 Å². The molecule has 0 aromatic carbocycles. The van der Waals surface area contributed by atoms with Crippen molar-refractivity contribution >= 4 is 0 Å². The average molecular weight is 180 g/mol. The van der Waals surface area contributed by atoms with Crippen LogP contribution >= 0.6 is 0 Å². The Morgan fingerprint density at radius 3 is 2.08 bits per heavy atom. The molecule has 0 aliphatic heterocycles. The van der Waals surface area contributed by atoms with Gasteiger partial charge < -0.3 is 4.74 Å². The first kappa shape index (κ1) is 11.8. The van der Waals surface area contributed by atoms with Gasteiger partial charge in [-0.3, -0.25) is 0 Å². The van der Waals surface area contributed by atoms with E-state index in [1.54, 1.807) is 0 Å². The highest BCUT2D eigenvalue weighted by Crippen LogP contribution is 2.26. The Hall–Kier alpha value is -0.180. The molecule has 74 valence electrons. The van der Waals surface area contributed by atoms with E-state index in [0.29, 0.717) is 0 Å². The Kier molecular flexibility index (Phi) is 4.68. The SMILES string of the molecule is CCC(C)COC(F)(F)C(C)C. The minimum Gasteiger partial charge on any atom is -0.320 e. The first-order chi connectivity index (χ1) is 5.40. The summed E-state index contributed by atoms with van der Waals surface area (Å²) in [5.74, 6) is -0.545. The summed E-state index contributed by atoms with van der Waals surface area (Å²) in [6, 6.07) is 0. The summed E-state index contributed by atoms with van der Waals surface area (Å²) in [5.41, 5.74) is 0. The zero-order valence-corrected chi connectivity index (χ0v) is 8.23. The van der Waals surface area contributed by atoms with Gasteiger partial charge in [0.25, 0.3) is 0 Å². The molecule has 0 saturated carbocycles. The van der Waals surface area contributed by atoms with Crippen molar-refractivity contribution < 1.29 is 13.5 Å². The number of ether oxygens (including phenoxy) is 1. The first-order valence-corrected chi connectivity index (χ1v) is 4.42. The van der Waals surface area contributed by atoms with Gasteiger partial charge in [0, 0.05) is 5.92 Å². The van der Waals surface area contributed by atoms with Gasteiger partial charge in [0.15, 0.2) is 0 Å². The van der Waals surface area contributed by atoms with Gasteiger partial charge in [0.2, 0.25) is 0 Å². The highest BCUT2D eigenvalue weighted by molar-refractivity contribution is 4.59. The maximum atomic E-state index is 12.8. The number of hydrogen-bond donors (Lipinski definition) is 0. The van der Waals surface area contributed by atoms with E-state index in [2.05, 4.69) is 4.74 Å². The van der Waals surface area contributed by atoms with Crippen molar-refractivity contribution in [2.75, 3.05) is 6.61 Å². The average Bonchev–Trinajstić information content (AvgIpc) is 2.00. The van der Waals surface area contributed by atoms with Gasteiger partial charge in [0.05, 0.1) is 6.61 Å².